The molecule has 10 unspecified atom stereocenters. The fourth-order valence-electron chi connectivity index (χ4n) is 13.5. The van der Waals surface area contributed by atoms with Crippen LogP contribution in [0.5, 0.6) is 0 Å². The molecule has 0 saturated heterocycles. The van der Waals surface area contributed by atoms with Gasteiger partial charge in [-0.3, -0.25) is 0 Å². The lowest BCUT2D eigenvalue weighted by atomic mass is 9.51. The van der Waals surface area contributed by atoms with Crippen LogP contribution in [-0.4, -0.2) is 16.1 Å². The van der Waals surface area contributed by atoms with Gasteiger partial charge in [0.1, 0.15) is 11.9 Å². The summed E-state index contributed by atoms with van der Waals surface area (Å²) in [5, 5.41) is 10.2. The lowest BCUT2D eigenvalue weighted by molar-refractivity contribution is -0.0421. The van der Waals surface area contributed by atoms with E-state index in [9.17, 15) is 5.26 Å². The first-order valence-corrected chi connectivity index (χ1v) is 22.9. The predicted molar refractivity (Wildman–Crippen MR) is 233 cm³/mol. The molecule has 11 rings (SSSR count). The van der Waals surface area contributed by atoms with Crippen molar-refractivity contribution in [2.75, 3.05) is 0 Å². The second kappa shape index (κ2) is 15.1. The van der Waals surface area contributed by atoms with Gasteiger partial charge in [0.25, 0.3) is 0 Å². The zero-order valence-electron chi connectivity index (χ0n) is 33.9. The van der Waals surface area contributed by atoms with Gasteiger partial charge in [0.2, 0.25) is 0 Å². The third-order valence-electron chi connectivity index (χ3n) is 16.0. The molecule has 0 aromatic carbocycles. The van der Waals surface area contributed by atoms with Gasteiger partial charge in [-0.05, 0) is 161 Å². The van der Waals surface area contributed by atoms with Crippen LogP contribution in [0.25, 0.3) is 5.57 Å². The second-order valence-electron chi connectivity index (χ2n) is 18.7. The van der Waals surface area contributed by atoms with Crippen molar-refractivity contribution in [1.82, 2.24) is 9.97 Å². The van der Waals surface area contributed by atoms with Gasteiger partial charge in [0.05, 0.1) is 17.5 Å². The maximum atomic E-state index is 10.2. The van der Waals surface area contributed by atoms with Crippen molar-refractivity contribution in [2.45, 2.75) is 120 Å². The number of allylic oxidation sites excluding steroid dienone is 22. The predicted octanol–water partition coefficient (Wildman–Crippen LogP) is 13.0. The Bertz CT molecular complexity index is 2290. The van der Waals surface area contributed by atoms with Crippen LogP contribution in [0, 0.1) is 46.3 Å². The summed E-state index contributed by atoms with van der Waals surface area (Å²) >= 11 is 0. The minimum absolute atomic E-state index is 0.00950. The topological polar surface area (TPSA) is 58.8 Å². The van der Waals surface area contributed by atoms with E-state index in [1.807, 2.05) is 0 Å². The number of nitrogens with zero attached hydrogens (tertiary/aromatic N) is 3. The van der Waals surface area contributed by atoms with Gasteiger partial charge in [-0.2, -0.15) is 5.26 Å². The number of rotatable bonds is 5. The molecule has 1 aromatic rings. The first-order chi connectivity index (χ1) is 28.7. The van der Waals surface area contributed by atoms with Crippen LogP contribution in [0.2, 0.25) is 0 Å². The Morgan fingerprint density at radius 1 is 0.724 bits per heavy atom. The molecule has 294 valence electrons. The Balaban J connectivity index is 0.963. The van der Waals surface area contributed by atoms with E-state index in [0.29, 0.717) is 41.4 Å². The van der Waals surface area contributed by atoms with Crippen LogP contribution in [0.15, 0.2) is 137 Å². The SMILES string of the molecule is N#CC1=CC2C(C=C1)C1CC=C(C3=CCC(c4nc(C5=CC=CCC5)nc(C5CC=CCC5)c4C4C=CCCC4)C=C3)CC1C21C2=C(C=CCC2)OC2C=CCCC21. The molecule has 0 amide bonds. The van der Waals surface area contributed by atoms with E-state index in [4.69, 9.17) is 14.7 Å². The highest BCUT2D eigenvalue weighted by atomic mass is 16.5. The smallest absolute Gasteiger partial charge is 0.155 e. The molecule has 0 bridgehead atoms. The number of aromatic nitrogens is 2. The quantitative estimate of drug-likeness (QED) is 0.280. The molecule has 0 N–H and O–H groups in total. The molecule has 2 heterocycles. The Morgan fingerprint density at radius 3 is 2.47 bits per heavy atom. The van der Waals surface area contributed by atoms with Crippen LogP contribution in [-0.2, 0) is 4.74 Å². The fraction of sp³-hybridized carbons (Fsp3) is 0.463. The molecule has 10 aliphatic rings. The van der Waals surface area contributed by atoms with E-state index in [1.54, 1.807) is 5.57 Å². The largest absolute Gasteiger partial charge is 0.486 e. The number of nitriles is 1. The molecular formula is C54H57N3O. The van der Waals surface area contributed by atoms with Crippen molar-refractivity contribution in [3.05, 3.63) is 160 Å². The minimum Gasteiger partial charge on any atom is -0.486 e. The Morgan fingerprint density at radius 2 is 1.64 bits per heavy atom. The summed E-state index contributed by atoms with van der Waals surface area (Å²) in [6, 6.07) is 2.56. The van der Waals surface area contributed by atoms with E-state index in [1.165, 1.54) is 59.4 Å². The molecule has 1 fully saturated rings. The Labute approximate surface area is 345 Å². The Hall–Kier alpha value is -4.75. The number of fused-ring (bicyclic) bond motifs is 8. The van der Waals surface area contributed by atoms with Crippen LogP contribution in [0.4, 0.5) is 0 Å². The monoisotopic (exact) mass is 763 g/mol. The maximum Gasteiger partial charge on any atom is 0.155 e. The molecule has 4 heteroatoms. The van der Waals surface area contributed by atoms with Gasteiger partial charge in [-0.1, -0.05) is 91.1 Å². The average molecular weight is 764 g/mol. The average Bonchev–Trinajstić information content (AvgIpc) is 3.58. The highest BCUT2D eigenvalue weighted by molar-refractivity contribution is 5.64. The van der Waals surface area contributed by atoms with Crippen LogP contribution < -0.4 is 0 Å². The van der Waals surface area contributed by atoms with Gasteiger partial charge in [-0.25, -0.2) is 9.97 Å². The number of hydrogen-bond donors (Lipinski definition) is 0. The van der Waals surface area contributed by atoms with Gasteiger partial charge < -0.3 is 4.74 Å². The molecule has 0 radical (unpaired) electrons. The van der Waals surface area contributed by atoms with Crippen molar-refractivity contribution in [1.29, 1.82) is 5.26 Å². The van der Waals surface area contributed by atoms with E-state index >= 15 is 0 Å². The molecule has 58 heavy (non-hydrogen) atoms. The molecule has 1 spiro atoms. The lowest BCUT2D eigenvalue weighted by Crippen LogP contribution is -2.52. The Kier molecular flexibility index (Phi) is 9.48. The maximum absolute atomic E-state index is 10.2. The zero-order chi connectivity index (χ0) is 38.6. The molecular weight excluding hydrogens is 707 g/mol. The van der Waals surface area contributed by atoms with Gasteiger partial charge in [0.15, 0.2) is 5.82 Å². The van der Waals surface area contributed by atoms with Crippen molar-refractivity contribution in [3.8, 4) is 6.07 Å². The number of ether oxygens (including phenoxy) is 1. The standard InChI is InChI=1S/C54H57N3O/c55-34-35-24-30-42-43-31-29-41(33-47(43)54(46(42)32-35)44-20-10-12-22-48(44)58-49-23-13-11-21-45(49)54)36-25-27-39(28-26-36)52-50(37-14-4-1-5-15-37)51(38-16-6-2-7-17-38)56-53(57-52)40-18-8-3-9-19-40/h2-4,6,8,12-14,18,22-27,29-30,32,37-39,42-44,46-48H,1,5,7,9-11,15-17,19-21,28,31,33H2. The normalized spacial score (nSPS) is 36.8. The van der Waals surface area contributed by atoms with Gasteiger partial charge in [-0.15, -0.1) is 0 Å². The van der Waals surface area contributed by atoms with Gasteiger partial charge in [0, 0.05) is 40.2 Å². The minimum atomic E-state index is -0.00950. The van der Waals surface area contributed by atoms with Crippen LogP contribution in [0.3, 0.4) is 0 Å². The summed E-state index contributed by atoms with van der Waals surface area (Å²) in [6.07, 6.45) is 59.5. The van der Waals surface area contributed by atoms with Crippen molar-refractivity contribution < 1.29 is 4.74 Å². The van der Waals surface area contributed by atoms with E-state index < -0.39 is 0 Å². The molecule has 1 aliphatic heterocycles. The molecule has 9 aliphatic carbocycles. The second-order valence-corrected chi connectivity index (χ2v) is 18.7. The fourth-order valence-corrected chi connectivity index (χ4v) is 13.5. The molecule has 10 atom stereocenters. The third-order valence-corrected chi connectivity index (χ3v) is 16.0. The summed E-state index contributed by atoms with van der Waals surface area (Å²) in [5.74, 6) is 5.44. The zero-order valence-corrected chi connectivity index (χ0v) is 33.9. The first-order valence-electron chi connectivity index (χ1n) is 22.9. The third kappa shape index (κ3) is 5.97. The molecule has 1 aromatic heterocycles. The van der Waals surface area contributed by atoms with E-state index in [2.05, 4.69) is 115 Å². The molecule has 4 nitrogen and oxygen atoms in total. The van der Waals surface area contributed by atoms with E-state index in [0.717, 1.165) is 87.8 Å². The highest BCUT2D eigenvalue weighted by Crippen LogP contribution is 2.71. The number of hydrogen-bond acceptors (Lipinski definition) is 4. The van der Waals surface area contributed by atoms with Gasteiger partial charge >= 0.3 is 0 Å². The van der Waals surface area contributed by atoms with Crippen LogP contribution >= 0.6 is 0 Å². The highest BCUT2D eigenvalue weighted by Gasteiger charge is 2.67. The summed E-state index contributed by atoms with van der Waals surface area (Å²) in [4.78, 5) is 11.1. The first kappa shape index (κ1) is 36.3. The summed E-state index contributed by atoms with van der Waals surface area (Å²) in [6.45, 7) is 0. The van der Waals surface area contributed by atoms with Crippen molar-refractivity contribution >= 4 is 5.57 Å². The van der Waals surface area contributed by atoms with E-state index in [-0.39, 0.29) is 17.4 Å². The lowest BCUT2D eigenvalue weighted by Gasteiger charge is -2.56. The van der Waals surface area contributed by atoms with Crippen LogP contribution in [0.1, 0.15) is 137 Å². The summed E-state index contributed by atoms with van der Waals surface area (Å²) in [5.41, 5.74) is 10.7. The summed E-state index contributed by atoms with van der Waals surface area (Å²) in [7, 11) is 0. The van der Waals surface area contributed by atoms with Crippen molar-refractivity contribution in [2.24, 2.45) is 35.0 Å². The van der Waals surface area contributed by atoms with Crippen molar-refractivity contribution in [3.63, 3.8) is 0 Å². The molecule has 1 saturated carbocycles. The summed E-state index contributed by atoms with van der Waals surface area (Å²) < 4.78 is 6.88.